The minimum atomic E-state index is -1.61. The number of hydrogen-bond acceptors (Lipinski definition) is 13. The maximum absolute atomic E-state index is 12.2. The van der Waals surface area contributed by atoms with E-state index in [2.05, 4.69) is 10.3 Å². The Morgan fingerprint density at radius 1 is 1.14 bits per heavy atom. The first-order valence-electron chi connectivity index (χ1n) is 11.0. The number of aromatic amines is 1. The molecule has 0 radical (unpaired) electrons. The molecule has 2 aliphatic rings. The number of H-pyrrole nitrogens is 1. The first-order chi connectivity index (χ1) is 16.7. The summed E-state index contributed by atoms with van der Waals surface area (Å²) >= 11 is 0. The molecule has 4 rings (SSSR count). The van der Waals surface area contributed by atoms with Gasteiger partial charge in [-0.15, -0.1) is 5.10 Å². The first-order valence-corrected chi connectivity index (χ1v) is 11.0. The zero-order chi connectivity index (χ0) is 25.3. The second kappa shape index (κ2) is 10.6. The summed E-state index contributed by atoms with van der Waals surface area (Å²) in [6.07, 6.45) is -9.44. The van der Waals surface area contributed by atoms with Crippen LogP contribution in [0.2, 0.25) is 0 Å². The number of nitrogens with zero attached hydrogens (tertiary/aromatic N) is 4. The average molecular weight is 500 g/mol. The summed E-state index contributed by atoms with van der Waals surface area (Å²) in [5.41, 5.74) is 4.15. The van der Waals surface area contributed by atoms with Gasteiger partial charge < -0.3 is 45.5 Å². The van der Waals surface area contributed by atoms with Gasteiger partial charge in [-0.25, -0.2) is 4.79 Å². The number of ether oxygens (including phenoxy) is 3. The second-order valence-electron chi connectivity index (χ2n) is 8.29. The highest BCUT2D eigenvalue weighted by Crippen LogP contribution is 2.38. The van der Waals surface area contributed by atoms with Crippen molar-refractivity contribution >= 4 is 0 Å². The number of nitrogens with two attached hydrogens (primary N) is 1. The molecule has 2 saturated heterocycles. The third-order valence-electron chi connectivity index (χ3n) is 5.92. The summed E-state index contributed by atoms with van der Waals surface area (Å²) in [5, 5.41) is 59.0. The van der Waals surface area contributed by atoms with Gasteiger partial charge in [0.2, 0.25) is 0 Å². The molecule has 4 heterocycles. The van der Waals surface area contributed by atoms with Crippen LogP contribution >= 0.6 is 0 Å². The van der Waals surface area contributed by atoms with Crippen LogP contribution in [0.1, 0.15) is 24.4 Å². The molecule has 0 aliphatic carbocycles. The molecule has 2 aliphatic heterocycles. The van der Waals surface area contributed by atoms with Crippen LogP contribution in [0.15, 0.2) is 28.0 Å². The minimum absolute atomic E-state index is 0.0815. The highest BCUT2D eigenvalue weighted by atomic mass is 16.7. The molecule has 2 aromatic rings. The van der Waals surface area contributed by atoms with Gasteiger partial charge >= 0.3 is 5.69 Å². The molecule has 0 saturated carbocycles. The second-order valence-corrected chi connectivity index (χ2v) is 8.29. The van der Waals surface area contributed by atoms with Crippen LogP contribution < -0.4 is 17.0 Å². The summed E-state index contributed by atoms with van der Waals surface area (Å²) in [4.78, 5) is 25.7. The lowest BCUT2D eigenvalue weighted by Crippen LogP contribution is -2.40. The summed E-state index contributed by atoms with van der Waals surface area (Å²) in [7, 11) is 0. The van der Waals surface area contributed by atoms with Crippen molar-refractivity contribution in [1.29, 1.82) is 0 Å². The largest absolute Gasteiger partial charge is 0.396 e. The van der Waals surface area contributed by atoms with Gasteiger partial charge in [0.15, 0.2) is 12.5 Å². The Balaban J connectivity index is 1.64. The summed E-state index contributed by atoms with van der Waals surface area (Å²) in [6.45, 7) is 0.138. The van der Waals surface area contributed by atoms with Crippen LogP contribution in [0.4, 0.5) is 0 Å². The lowest BCUT2D eigenvalue weighted by Gasteiger charge is -2.28. The maximum atomic E-state index is 12.2. The van der Waals surface area contributed by atoms with E-state index in [4.69, 9.17) is 25.1 Å². The zero-order valence-corrected chi connectivity index (χ0v) is 18.4. The van der Waals surface area contributed by atoms with Crippen molar-refractivity contribution in [2.24, 2.45) is 5.73 Å². The van der Waals surface area contributed by atoms with Gasteiger partial charge in [0.25, 0.3) is 5.56 Å². The van der Waals surface area contributed by atoms with Gasteiger partial charge in [-0.05, 0) is 6.42 Å². The number of nitrogens with one attached hydrogen (secondary N) is 1. The average Bonchev–Trinajstić information content (AvgIpc) is 3.50. The van der Waals surface area contributed by atoms with E-state index in [1.807, 2.05) is 4.98 Å². The normalized spacial score (nSPS) is 33.9. The summed E-state index contributed by atoms with van der Waals surface area (Å²) in [5.74, 6) is 0. The van der Waals surface area contributed by atoms with Gasteiger partial charge in [-0.1, -0.05) is 5.21 Å². The Morgan fingerprint density at radius 3 is 2.57 bits per heavy atom. The van der Waals surface area contributed by atoms with Gasteiger partial charge in [-0.3, -0.25) is 19.0 Å². The quantitative estimate of drug-likeness (QED) is 0.171. The van der Waals surface area contributed by atoms with Crippen LogP contribution in [-0.4, -0.2) is 106 Å². The number of aliphatic hydroxyl groups excluding tert-OH is 5. The monoisotopic (exact) mass is 500 g/mol. The van der Waals surface area contributed by atoms with E-state index in [1.165, 1.54) is 10.9 Å². The molecule has 2 fully saturated rings. The van der Waals surface area contributed by atoms with Crippen molar-refractivity contribution < 1.29 is 39.7 Å². The van der Waals surface area contributed by atoms with E-state index >= 15 is 0 Å². The molecule has 0 unspecified atom stereocenters. The van der Waals surface area contributed by atoms with Crippen molar-refractivity contribution in [3.8, 4) is 0 Å². The van der Waals surface area contributed by atoms with Crippen LogP contribution in [-0.2, 0) is 20.8 Å². The Morgan fingerprint density at radius 2 is 1.91 bits per heavy atom. The molecular weight excluding hydrogens is 472 g/mol. The number of aryl methyl sites for hydroxylation is 1. The van der Waals surface area contributed by atoms with E-state index in [1.54, 1.807) is 0 Å². The molecule has 194 valence electrons. The SMILES string of the molecule is NC[C@H]1O[C@@H](O[C@@H](c2cn(CCCO)nn2)[C@H]2O[C@@H](n3ccc(=O)[nH]c3=O)[C@H](O)[C@@H]2O)[C@H](O)[C@@H]1O. The lowest BCUT2D eigenvalue weighted by molar-refractivity contribution is -0.224. The number of aliphatic hydroxyl groups is 5. The zero-order valence-electron chi connectivity index (χ0n) is 18.4. The Hall–Kier alpha value is -2.54. The van der Waals surface area contributed by atoms with Gasteiger partial charge in [-0.2, -0.15) is 0 Å². The van der Waals surface area contributed by atoms with E-state index in [0.717, 1.165) is 16.8 Å². The lowest BCUT2D eigenvalue weighted by atomic mass is 10.0. The fourth-order valence-electron chi connectivity index (χ4n) is 4.06. The minimum Gasteiger partial charge on any atom is -0.396 e. The number of aromatic nitrogens is 5. The van der Waals surface area contributed by atoms with Crippen LogP contribution in [0.5, 0.6) is 0 Å². The summed E-state index contributed by atoms with van der Waals surface area (Å²) < 4.78 is 19.5. The topological polar surface area (TPSA) is 240 Å². The fraction of sp³-hybridized carbons (Fsp3) is 0.684. The van der Waals surface area contributed by atoms with Crippen molar-refractivity contribution in [3.63, 3.8) is 0 Å². The Kier molecular flexibility index (Phi) is 7.74. The van der Waals surface area contributed by atoms with Crippen LogP contribution in [0.25, 0.3) is 0 Å². The molecule has 0 aromatic carbocycles. The van der Waals surface area contributed by atoms with Crippen LogP contribution in [0.3, 0.4) is 0 Å². The van der Waals surface area contributed by atoms with Gasteiger partial charge in [0, 0.05) is 32.0 Å². The highest BCUT2D eigenvalue weighted by molar-refractivity contribution is 5.07. The molecule has 9 atom stereocenters. The van der Waals surface area contributed by atoms with Crippen molar-refractivity contribution in [3.05, 3.63) is 45.0 Å². The summed E-state index contributed by atoms with van der Waals surface area (Å²) in [6, 6.07) is 1.05. The molecule has 16 nitrogen and oxygen atoms in total. The third-order valence-corrected chi connectivity index (χ3v) is 5.92. The predicted molar refractivity (Wildman–Crippen MR) is 113 cm³/mol. The predicted octanol–water partition coefficient (Wildman–Crippen LogP) is -4.71. The van der Waals surface area contributed by atoms with E-state index in [0.29, 0.717) is 13.0 Å². The molecule has 16 heteroatoms. The molecule has 0 spiro atoms. The van der Waals surface area contributed by atoms with E-state index in [-0.39, 0.29) is 18.8 Å². The fourth-order valence-corrected chi connectivity index (χ4v) is 4.06. The molecule has 2 aromatic heterocycles. The maximum Gasteiger partial charge on any atom is 0.330 e. The van der Waals surface area contributed by atoms with Crippen LogP contribution in [0, 0.1) is 0 Å². The highest BCUT2D eigenvalue weighted by Gasteiger charge is 2.52. The smallest absolute Gasteiger partial charge is 0.330 e. The van der Waals surface area contributed by atoms with E-state index < -0.39 is 66.5 Å². The van der Waals surface area contributed by atoms with Gasteiger partial charge in [0.05, 0.1) is 6.20 Å². The Labute approximate surface area is 197 Å². The number of hydrogen-bond donors (Lipinski definition) is 7. The van der Waals surface area contributed by atoms with Crippen molar-refractivity contribution in [1.82, 2.24) is 24.5 Å². The number of rotatable bonds is 9. The van der Waals surface area contributed by atoms with E-state index in [9.17, 15) is 30.0 Å². The Bertz CT molecular complexity index is 1110. The first kappa shape index (κ1) is 25.5. The molecule has 35 heavy (non-hydrogen) atoms. The van der Waals surface area contributed by atoms with Crippen molar-refractivity contribution in [2.75, 3.05) is 13.2 Å². The molecule has 8 N–H and O–H groups in total. The molecule has 0 amide bonds. The molecular formula is C19H28N6O10. The van der Waals surface area contributed by atoms with Gasteiger partial charge in [0.1, 0.15) is 48.4 Å². The standard InChI is InChI=1S/C19H28N6O10/c20-6-9-11(28)14(31)18(33-9)35-15(8-7-24(23-22-8)3-1-5-26)16-12(29)13(30)17(34-16)25-4-2-10(27)21-19(25)32/h2,4,7,9,11-18,26,28-31H,1,3,5-6,20H2,(H,21,27,32)/t9-,11-,12+,13-,14-,15+,16+,17-,18+/m1/s1. The van der Waals surface area contributed by atoms with Crippen molar-refractivity contribution in [2.45, 2.75) is 68.2 Å². The molecule has 0 bridgehead atoms. The third kappa shape index (κ3) is 5.06.